The van der Waals surface area contributed by atoms with Gasteiger partial charge in [-0.05, 0) is 0 Å². The van der Waals surface area contributed by atoms with Crippen LogP contribution in [0.1, 0.15) is 7.79 Å². The zero-order valence-electron chi connectivity index (χ0n) is 6.50. The standard InChI is InChI=1S/C7H9NO2/c1-3-7(10)4-5-8(2)6(7)9/h1,10H,4-5H2,2H3/t7-/m1/s1/i2D. The summed E-state index contributed by atoms with van der Waals surface area (Å²) >= 11 is 0. The maximum atomic E-state index is 11.1. The van der Waals surface area contributed by atoms with Gasteiger partial charge in [-0.15, -0.1) is 6.42 Å². The first-order chi connectivity index (χ1) is 5.14. The predicted molar refractivity (Wildman–Crippen MR) is 36.0 cm³/mol. The van der Waals surface area contributed by atoms with Crippen LogP contribution in [0.4, 0.5) is 0 Å². The van der Waals surface area contributed by atoms with E-state index >= 15 is 0 Å². The number of amides is 1. The first kappa shape index (κ1) is 5.75. The molecule has 10 heavy (non-hydrogen) atoms. The molecular weight excluding hydrogens is 130 g/mol. The number of likely N-dealkylation sites (N-methyl/N-ethyl adjacent to an activating group) is 1. The van der Waals surface area contributed by atoms with Crippen molar-refractivity contribution in [2.45, 2.75) is 12.0 Å². The molecular formula is C7H9NO2. The second-order valence-corrected chi connectivity index (χ2v) is 2.32. The molecule has 1 rings (SSSR count). The molecule has 1 aliphatic rings. The van der Waals surface area contributed by atoms with Gasteiger partial charge >= 0.3 is 0 Å². The highest BCUT2D eigenvalue weighted by atomic mass is 16.3. The minimum Gasteiger partial charge on any atom is -0.369 e. The van der Waals surface area contributed by atoms with Crippen molar-refractivity contribution in [1.82, 2.24) is 4.90 Å². The molecule has 1 fully saturated rings. The van der Waals surface area contributed by atoms with Gasteiger partial charge in [0.05, 0.1) is 0 Å². The van der Waals surface area contributed by atoms with Crippen LogP contribution < -0.4 is 0 Å². The van der Waals surface area contributed by atoms with Gasteiger partial charge in [-0.3, -0.25) is 4.79 Å². The average molecular weight is 140 g/mol. The van der Waals surface area contributed by atoms with Crippen molar-refractivity contribution in [2.75, 3.05) is 13.6 Å². The van der Waals surface area contributed by atoms with Crippen LogP contribution in [-0.2, 0) is 4.79 Å². The van der Waals surface area contributed by atoms with Gasteiger partial charge < -0.3 is 10.0 Å². The Bertz CT molecular complexity index is 223. The number of hydrogen-bond donors (Lipinski definition) is 1. The Labute approximate surface area is 61.0 Å². The monoisotopic (exact) mass is 140 g/mol. The molecule has 0 aliphatic carbocycles. The quantitative estimate of drug-likeness (QED) is 0.448. The lowest BCUT2D eigenvalue weighted by Crippen LogP contribution is -2.36. The Morgan fingerprint density at radius 2 is 2.80 bits per heavy atom. The molecule has 0 spiro atoms. The van der Waals surface area contributed by atoms with E-state index in [9.17, 15) is 9.90 Å². The van der Waals surface area contributed by atoms with Gasteiger partial charge in [0.2, 0.25) is 5.60 Å². The van der Waals surface area contributed by atoms with E-state index in [1.807, 2.05) is 5.92 Å². The van der Waals surface area contributed by atoms with E-state index in [1.165, 1.54) is 4.90 Å². The summed E-state index contributed by atoms with van der Waals surface area (Å²) in [6.45, 7) is 0.378. The average Bonchev–Trinajstić information content (AvgIpc) is 2.31. The third-order valence-corrected chi connectivity index (χ3v) is 1.62. The van der Waals surface area contributed by atoms with Crippen LogP contribution in [0.3, 0.4) is 0 Å². The first-order valence-electron chi connectivity index (χ1n) is 3.63. The molecule has 0 bridgehead atoms. The molecule has 1 atom stereocenters. The van der Waals surface area contributed by atoms with Gasteiger partial charge in [-0.1, -0.05) is 5.92 Å². The van der Waals surface area contributed by atoms with Gasteiger partial charge in [0.1, 0.15) is 0 Å². The van der Waals surface area contributed by atoms with Crippen LogP contribution in [0.25, 0.3) is 0 Å². The van der Waals surface area contributed by atoms with Crippen LogP contribution >= 0.6 is 0 Å². The molecule has 0 saturated carbocycles. The van der Waals surface area contributed by atoms with E-state index < -0.39 is 11.5 Å². The fourth-order valence-corrected chi connectivity index (χ4v) is 0.901. The van der Waals surface area contributed by atoms with E-state index in [0.717, 1.165) is 0 Å². The largest absolute Gasteiger partial charge is 0.369 e. The fraction of sp³-hybridized carbons (Fsp3) is 0.571. The van der Waals surface area contributed by atoms with Crippen LogP contribution in [0.5, 0.6) is 0 Å². The van der Waals surface area contributed by atoms with Gasteiger partial charge in [0.15, 0.2) is 0 Å². The molecule has 0 aromatic heterocycles. The number of carbonyl (C=O) groups excluding carboxylic acids is 1. The van der Waals surface area contributed by atoms with Crippen molar-refractivity contribution in [3.63, 3.8) is 0 Å². The smallest absolute Gasteiger partial charge is 0.267 e. The molecule has 0 radical (unpaired) electrons. The molecule has 1 saturated heterocycles. The number of nitrogens with zero attached hydrogens (tertiary/aromatic N) is 1. The molecule has 3 heteroatoms. The van der Waals surface area contributed by atoms with Crippen LogP contribution in [0, 0.1) is 12.3 Å². The zero-order valence-corrected chi connectivity index (χ0v) is 5.50. The summed E-state index contributed by atoms with van der Waals surface area (Å²) in [5, 5.41) is 9.36. The van der Waals surface area contributed by atoms with Crippen LogP contribution in [0.2, 0.25) is 0 Å². The summed E-state index contributed by atoms with van der Waals surface area (Å²) in [4.78, 5) is 12.3. The van der Waals surface area contributed by atoms with E-state index in [2.05, 4.69) is 0 Å². The molecule has 1 aliphatic heterocycles. The first-order valence-corrected chi connectivity index (χ1v) is 2.93. The summed E-state index contributed by atoms with van der Waals surface area (Å²) in [7, 11) is -0.136. The van der Waals surface area contributed by atoms with Crippen molar-refractivity contribution >= 4 is 5.91 Å². The van der Waals surface area contributed by atoms with E-state index in [1.54, 1.807) is 0 Å². The lowest BCUT2D eigenvalue weighted by Gasteiger charge is -2.12. The molecule has 3 nitrogen and oxygen atoms in total. The van der Waals surface area contributed by atoms with Crippen molar-refractivity contribution in [1.29, 1.82) is 0 Å². The highest BCUT2D eigenvalue weighted by Crippen LogP contribution is 2.19. The normalized spacial score (nSPS) is 33.8. The lowest BCUT2D eigenvalue weighted by atomic mass is 10.1. The number of hydrogen-bond acceptors (Lipinski definition) is 2. The zero-order chi connectivity index (χ0) is 8.48. The number of aliphatic hydroxyl groups is 1. The Morgan fingerprint density at radius 3 is 3.10 bits per heavy atom. The summed E-state index contributed by atoms with van der Waals surface area (Å²) in [5.74, 6) is 1.52. The third-order valence-electron chi connectivity index (χ3n) is 1.62. The van der Waals surface area contributed by atoms with Gasteiger partial charge in [0, 0.05) is 21.4 Å². The molecule has 0 aromatic rings. The van der Waals surface area contributed by atoms with E-state index in [4.69, 9.17) is 7.79 Å². The number of likely N-dealkylation sites (tertiary alicyclic amines) is 1. The Balaban J connectivity index is 2.80. The third kappa shape index (κ3) is 0.775. The minimum absolute atomic E-state index is 0.136. The van der Waals surface area contributed by atoms with Crippen LogP contribution in [0.15, 0.2) is 0 Å². The highest BCUT2D eigenvalue weighted by Gasteiger charge is 2.41. The summed E-state index contributed by atoms with van der Waals surface area (Å²) < 4.78 is 6.91. The van der Waals surface area contributed by atoms with E-state index in [0.29, 0.717) is 6.54 Å². The van der Waals surface area contributed by atoms with E-state index in [-0.39, 0.29) is 13.4 Å². The Kier molecular flexibility index (Phi) is 1.15. The molecule has 1 heterocycles. The molecule has 54 valence electrons. The fourth-order valence-electron chi connectivity index (χ4n) is 0.901. The summed E-state index contributed by atoms with van der Waals surface area (Å²) in [5.41, 5.74) is -1.64. The molecule has 1 amide bonds. The SMILES string of the molecule is [2H]CN1CC[C@](O)(C#C)C1=O. The maximum Gasteiger partial charge on any atom is 0.267 e. The second kappa shape index (κ2) is 1.99. The maximum absolute atomic E-state index is 11.1. The van der Waals surface area contributed by atoms with Crippen molar-refractivity contribution in [3.8, 4) is 12.3 Å². The number of rotatable bonds is 0. The second-order valence-electron chi connectivity index (χ2n) is 2.32. The summed E-state index contributed by atoms with van der Waals surface area (Å²) in [6, 6.07) is 0. The number of terminal acetylenes is 1. The van der Waals surface area contributed by atoms with Gasteiger partial charge in [-0.25, -0.2) is 0 Å². The summed E-state index contributed by atoms with van der Waals surface area (Å²) in [6.07, 6.45) is 5.20. The Morgan fingerprint density at radius 1 is 2.10 bits per heavy atom. The minimum atomic E-state index is -1.64. The van der Waals surface area contributed by atoms with Crippen LogP contribution in [-0.4, -0.2) is 35.1 Å². The lowest BCUT2D eigenvalue weighted by molar-refractivity contribution is -0.137. The van der Waals surface area contributed by atoms with Gasteiger partial charge in [-0.2, -0.15) is 0 Å². The molecule has 1 N–H and O–H groups in total. The molecule has 0 unspecified atom stereocenters. The van der Waals surface area contributed by atoms with Crippen molar-refractivity contribution in [3.05, 3.63) is 0 Å². The topological polar surface area (TPSA) is 40.5 Å². The molecule has 0 aromatic carbocycles. The predicted octanol–water partition coefficient (Wildman–Crippen LogP) is -0.787. The number of carbonyl (C=O) groups is 1. The van der Waals surface area contributed by atoms with Crippen molar-refractivity contribution < 1.29 is 11.3 Å². The Hall–Kier alpha value is -1.01. The van der Waals surface area contributed by atoms with Crippen molar-refractivity contribution in [2.24, 2.45) is 0 Å². The highest BCUT2D eigenvalue weighted by molar-refractivity contribution is 5.90. The van der Waals surface area contributed by atoms with Gasteiger partial charge in [0.25, 0.3) is 5.91 Å².